The lowest BCUT2D eigenvalue weighted by Crippen LogP contribution is -2.35. The van der Waals surface area contributed by atoms with Crippen molar-refractivity contribution in [3.63, 3.8) is 0 Å². The zero-order valence-corrected chi connectivity index (χ0v) is 13.1. The average Bonchev–Trinajstić information content (AvgIpc) is 3.35. The molecule has 2 aromatic heterocycles. The van der Waals surface area contributed by atoms with E-state index in [1.54, 1.807) is 6.20 Å². The average molecular weight is 311 g/mol. The van der Waals surface area contributed by atoms with Gasteiger partial charge in [-0.3, -0.25) is 14.7 Å². The van der Waals surface area contributed by atoms with Crippen LogP contribution in [0.1, 0.15) is 29.9 Å². The lowest BCUT2D eigenvalue weighted by molar-refractivity contribution is -0.122. The minimum absolute atomic E-state index is 0.189. The van der Waals surface area contributed by atoms with Gasteiger partial charge in [0.1, 0.15) is 5.82 Å². The van der Waals surface area contributed by atoms with Crippen LogP contribution in [0.3, 0.4) is 0 Å². The van der Waals surface area contributed by atoms with Crippen molar-refractivity contribution in [1.29, 1.82) is 0 Å². The molecular weight excluding hydrogens is 290 g/mol. The molecule has 6 heteroatoms. The molecule has 1 N–H and O–H groups in total. The largest absolute Gasteiger partial charge is 0.350 e. The molecule has 1 aliphatic carbocycles. The van der Waals surface area contributed by atoms with E-state index < -0.39 is 0 Å². The molecule has 0 bridgehead atoms. The molecule has 1 aliphatic heterocycles. The van der Waals surface area contributed by atoms with E-state index in [-0.39, 0.29) is 11.8 Å². The van der Waals surface area contributed by atoms with Crippen molar-refractivity contribution >= 4 is 5.91 Å². The van der Waals surface area contributed by atoms with E-state index in [1.807, 2.05) is 18.5 Å². The molecule has 1 fully saturated rings. The number of nitrogens with one attached hydrogen (secondary N) is 1. The second-order valence-electron chi connectivity index (χ2n) is 6.38. The van der Waals surface area contributed by atoms with Gasteiger partial charge in [0.25, 0.3) is 0 Å². The second kappa shape index (κ2) is 6.12. The minimum atomic E-state index is 0.189. The number of amides is 1. The maximum absolute atomic E-state index is 11.8. The highest BCUT2D eigenvalue weighted by Crippen LogP contribution is 2.28. The van der Waals surface area contributed by atoms with Gasteiger partial charge in [-0.15, -0.1) is 0 Å². The molecule has 23 heavy (non-hydrogen) atoms. The Morgan fingerprint density at radius 1 is 1.30 bits per heavy atom. The van der Waals surface area contributed by atoms with E-state index in [0.29, 0.717) is 6.54 Å². The summed E-state index contributed by atoms with van der Waals surface area (Å²) >= 11 is 0. The van der Waals surface area contributed by atoms with E-state index in [1.165, 1.54) is 5.56 Å². The number of fused-ring (bicyclic) bond motifs is 1. The van der Waals surface area contributed by atoms with Crippen LogP contribution in [-0.4, -0.2) is 31.9 Å². The predicted octanol–water partition coefficient (Wildman–Crippen LogP) is 1.32. The number of pyridine rings is 1. The van der Waals surface area contributed by atoms with Crippen molar-refractivity contribution < 1.29 is 4.79 Å². The van der Waals surface area contributed by atoms with Gasteiger partial charge >= 0.3 is 0 Å². The van der Waals surface area contributed by atoms with Crippen LogP contribution >= 0.6 is 0 Å². The molecule has 3 heterocycles. The fraction of sp³-hybridized carbons (Fsp3) is 0.471. The van der Waals surface area contributed by atoms with Crippen LogP contribution in [0.5, 0.6) is 0 Å². The van der Waals surface area contributed by atoms with E-state index >= 15 is 0 Å². The zero-order valence-electron chi connectivity index (χ0n) is 13.1. The summed E-state index contributed by atoms with van der Waals surface area (Å²) in [4.78, 5) is 22.9. The Bertz CT molecular complexity index is 692. The first kappa shape index (κ1) is 14.4. The molecule has 2 aromatic rings. The van der Waals surface area contributed by atoms with Gasteiger partial charge in [0.15, 0.2) is 0 Å². The van der Waals surface area contributed by atoms with Crippen molar-refractivity contribution in [2.45, 2.75) is 39.0 Å². The molecule has 0 saturated heterocycles. The Morgan fingerprint density at radius 2 is 2.22 bits per heavy atom. The molecule has 6 nitrogen and oxygen atoms in total. The minimum Gasteiger partial charge on any atom is -0.350 e. The standard InChI is InChI=1S/C17H21N5O/c23-17(14-3-4-14)20-10-15-9-19-16-12-21(6-7-22(15)16)11-13-2-1-5-18-8-13/h1-2,5,8-9,14H,3-4,6-7,10-12H2,(H,20,23). The number of imidazole rings is 1. The summed E-state index contributed by atoms with van der Waals surface area (Å²) in [5.41, 5.74) is 2.33. The summed E-state index contributed by atoms with van der Waals surface area (Å²) in [5, 5.41) is 3.03. The van der Waals surface area contributed by atoms with E-state index in [0.717, 1.165) is 50.5 Å². The van der Waals surface area contributed by atoms with Crippen molar-refractivity contribution in [2.24, 2.45) is 5.92 Å². The molecule has 0 radical (unpaired) electrons. The maximum Gasteiger partial charge on any atom is 0.223 e. The normalized spacial score (nSPS) is 17.7. The topological polar surface area (TPSA) is 63.1 Å². The fourth-order valence-electron chi connectivity index (χ4n) is 3.07. The molecule has 0 aromatic carbocycles. The lowest BCUT2D eigenvalue weighted by atomic mass is 10.2. The molecular formula is C17H21N5O. The Balaban J connectivity index is 1.37. The van der Waals surface area contributed by atoms with Crippen molar-refractivity contribution in [3.05, 3.63) is 47.8 Å². The van der Waals surface area contributed by atoms with Crippen molar-refractivity contribution in [3.8, 4) is 0 Å². The third-order valence-corrected chi connectivity index (χ3v) is 4.55. The van der Waals surface area contributed by atoms with Crippen LogP contribution in [0.25, 0.3) is 0 Å². The summed E-state index contributed by atoms with van der Waals surface area (Å²) < 4.78 is 2.24. The number of carbonyl (C=O) groups is 1. The fourth-order valence-corrected chi connectivity index (χ4v) is 3.07. The van der Waals surface area contributed by atoms with Gasteiger partial charge in [0, 0.05) is 37.9 Å². The number of nitrogens with zero attached hydrogens (tertiary/aromatic N) is 4. The number of aromatic nitrogens is 3. The Hall–Kier alpha value is -2.21. The predicted molar refractivity (Wildman–Crippen MR) is 85.1 cm³/mol. The smallest absolute Gasteiger partial charge is 0.223 e. The highest BCUT2D eigenvalue weighted by atomic mass is 16.2. The summed E-state index contributed by atoms with van der Waals surface area (Å²) in [7, 11) is 0. The first-order chi connectivity index (χ1) is 11.3. The van der Waals surface area contributed by atoms with E-state index in [4.69, 9.17) is 0 Å². The molecule has 0 unspecified atom stereocenters. The zero-order chi connectivity index (χ0) is 15.6. The molecule has 4 rings (SSSR count). The quantitative estimate of drug-likeness (QED) is 0.904. The van der Waals surface area contributed by atoms with Crippen LogP contribution in [-0.2, 0) is 31.0 Å². The van der Waals surface area contributed by atoms with Gasteiger partial charge < -0.3 is 9.88 Å². The highest BCUT2D eigenvalue weighted by Gasteiger charge is 2.29. The molecule has 0 atom stereocenters. The Labute approximate surface area is 135 Å². The SMILES string of the molecule is O=C(NCc1cnc2n1CCN(Cc1cccnc1)C2)C1CC1. The van der Waals surface area contributed by atoms with Gasteiger partial charge in [-0.25, -0.2) is 4.98 Å². The van der Waals surface area contributed by atoms with Crippen LogP contribution in [0, 0.1) is 5.92 Å². The molecule has 120 valence electrons. The maximum atomic E-state index is 11.8. The summed E-state index contributed by atoms with van der Waals surface area (Å²) in [6.07, 6.45) is 7.70. The van der Waals surface area contributed by atoms with Gasteiger partial charge in [0.05, 0.1) is 25.0 Å². The van der Waals surface area contributed by atoms with Crippen LogP contribution in [0.15, 0.2) is 30.7 Å². The third-order valence-electron chi connectivity index (χ3n) is 4.55. The van der Waals surface area contributed by atoms with Crippen LogP contribution in [0.4, 0.5) is 0 Å². The number of hydrogen-bond acceptors (Lipinski definition) is 4. The monoisotopic (exact) mass is 311 g/mol. The Kier molecular flexibility index (Phi) is 3.83. The first-order valence-corrected chi connectivity index (χ1v) is 8.22. The number of carbonyl (C=O) groups excluding carboxylic acids is 1. The molecule has 1 amide bonds. The number of rotatable bonds is 5. The summed E-state index contributed by atoms with van der Waals surface area (Å²) in [6.45, 7) is 4.23. The third kappa shape index (κ3) is 3.27. The lowest BCUT2D eigenvalue weighted by Gasteiger charge is -2.28. The second-order valence-corrected chi connectivity index (χ2v) is 6.38. The number of hydrogen-bond donors (Lipinski definition) is 1. The van der Waals surface area contributed by atoms with Crippen molar-refractivity contribution in [2.75, 3.05) is 6.54 Å². The summed E-state index contributed by atoms with van der Waals surface area (Å²) in [5.74, 6) is 1.53. The van der Waals surface area contributed by atoms with E-state index in [9.17, 15) is 4.79 Å². The molecule has 1 saturated carbocycles. The van der Waals surface area contributed by atoms with Gasteiger partial charge in [-0.05, 0) is 24.5 Å². The van der Waals surface area contributed by atoms with Gasteiger partial charge in [-0.1, -0.05) is 6.07 Å². The molecule has 2 aliphatic rings. The van der Waals surface area contributed by atoms with Crippen molar-refractivity contribution in [1.82, 2.24) is 24.8 Å². The Morgan fingerprint density at radius 3 is 3.00 bits per heavy atom. The molecule has 0 spiro atoms. The van der Waals surface area contributed by atoms with Gasteiger partial charge in [-0.2, -0.15) is 0 Å². The van der Waals surface area contributed by atoms with Gasteiger partial charge in [0.2, 0.25) is 5.91 Å². The van der Waals surface area contributed by atoms with E-state index in [2.05, 4.69) is 30.8 Å². The van der Waals surface area contributed by atoms with Crippen LogP contribution < -0.4 is 5.32 Å². The summed E-state index contributed by atoms with van der Waals surface area (Å²) in [6, 6.07) is 4.08. The highest BCUT2D eigenvalue weighted by molar-refractivity contribution is 5.80. The first-order valence-electron chi connectivity index (χ1n) is 8.22. The van der Waals surface area contributed by atoms with Crippen LogP contribution in [0.2, 0.25) is 0 Å².